The Morgan fingerprint density at radius 1 is 1.15 bits per heavy atom. The fourth-order valence-electron chi connectivity index (χ4n) is 1.86. The first-order chi connectivity index (χ1) is 9.63. The summed E-state index contributed by atoms with van der Waals surface area (Å²) in [5.74, 6) is 0.217. The van der Waals surface area contributed by atoms with Gasteiger partial charge in [-0.1, -0.05) is 28.1 Å². The van der Waals surface area contributed by atoms with E-state index in [1.807, 2.05) is 36.4 Å². The number of para-hydroxylation sites is 2. The number of amides is 1. The van der Waals surface area contributed by atoms with Gasteiger partial charge in [-0.3, -0.25) is 10.1 Å². The summed E-state index contributed by atoms with van der Waals surface area (Å²) in [6.07, 6.45) is 0. The van der Waals surface area contributed by atoms with Crippen molar-refractivity contribution in [3.63, 3.8) is 0 Å². The summed E-state index contributed by atoms with van der Waals surface area (Å²) in [7, 11) is 0. The third kappa shape index (κ3) is 2.62. The number of aromatic nitrogens is 2. The Morgan fingerprint density at radius 3 is 2.70 bits per heavy atom. The van der Waals surface area contributed by atoms with Crippen LogP contribution in [0.1, 0.15) is 10.4 Å². The number of carbonyl (C=O) groups excluding carboxylic acids is 1. The van der Waals surface area contributed by atoms with Crippen LogP contribution in [0, 0.1) is 0 Å². The second-order valence-electron chi connectivity index (χ2n) is 4.18. The SMILES string of the molecule is O=C(Nc1nc2ccccc2[nH]1)c1ccc(Br)cc1Br. The number of hydrogen-bond acceptors (Lipinski definition) is 2. The normalized spacial score (nSPS) is 10.7. The molecule has 2 N–H and O–H groups in total. The smallest absolute Gasteiger partial charge is 0.259 e. The lowest BCUT2D eigenvalue weighted by atomic mass is 10.2. The minimum atomic E-state index is -0.219. The van der Waals surface area contributed by atoms with Gasteiger partial charge in [0.2, 0.25) is 5.95 Å². The van der Waals surface area contributed by atoms with E-state index in [1.54, 1.807) is 6.07 Å². The first kappa shape index (κ1) is 13.3. The molecule has 1 heterocycles. The fourth-order valence-corrected chi connectivity index (χ4v) is 3.09. The number of nitrogens with one attached hydrogen (secondary N) is 2. The van der Waals surface area contributed by atoms with Gasteiger partial charge in [0, 0.05) is 8.95 Å². The average Bonchev–Trinajstić information content (AvgIpc) is 2.80. The predicted octanol–water partition coefficient (Wildman–Crippen LogP) is 4.34. The highest BCUT2D eigenvalue weighted by molar-refractivity contribution is 9.11. The molecule has 0 atom stereocenters. The van der Waals surface area contributed by atoms with Crippen molar-refractivity contribution < 1.29 is 4.79 Å². The lowest BCUT2D eigenvalue weighted by molar-refractivity contribution is 0.102. The van der Waals surface area contributed by atoms with Gasteiger partial charge in [0.1, 0.15) is 0 Å². The number of fused-ring (bicyclic) bond motifs is 1. The third-order valence-corrected chi connectivity index (χ3v) is 3.95. The number of anilines is 1. The molecule has 0 spiro atoms. The summed E-state index contributed by atoms with van der Waals surface area (Å²) >= 11 is 6.73. The average molecular weight is 395 g/mol. The number of nitrogens with zero attached hydrogens (tertiary/aromatic N) is 1. The van der Waals surface area contributed by atoms with Gasteiger partial charge in [0.25, 0.3) is 5.91 Å². The third-order valence-electron chi connectivity index (χ3n) is 2.80. The van der Waals surface area contributed by atoms with Crippen LogP contribution in [0.25, 0.3) is 11.0 Å². The molecule has 0 radical (unpaired) electrons. The standard InChI is InChI=1S/C14H9Br2N3O/c15-8-5-6-9(10(16)7-8)13(20)19-14-17-11-3-1-2-4-12(11)18-14/h1-7H,(H2,17,18,19,20). The van der Waals surface area contributed by atoms with Crippen LogP contribution >= 0.6 is 31.9 Å². The van der Waals surface area contributed by atoms with Gasteiger partial charge in [-0.15, -0.1) is 0 Å². The number of halogens is 2. The highest BCUT2D eigenvalue weighted by Gasteiger charge is 2.12. The molecule has 0 aliphatic carbocycles. The Bertz CT molecular complexity index is 765. The van der Waals surface area contributed by atoms with Gasteiger partial charge in [-0.25, -0.2) is 4.98 Å². The van der Waals surface area contributed by atoms with Crippen molar-refractivity contribution in [1.82, 2.24) is 9.97 Å². The number of rotatable bonds is 2. The molecule has 1 aromatic heterocycles. The van der Waals surface area contributed by atoms with Crippen LogP contribution in [0.4, 0.5) is 5.95 Å². The zero-order valence-corrected chi connectivity index (χ0v) is 13.3. The predicted molar refractivity (Wildman–Crippen MR) is 85.9 cm³/mol. The molecular weight excluding hydrogens is 386 g/mol. The highest BCUT2D eigenvalue weighted by atomic mass is 79.9. The van der Waals surface area contributed by atoms with Crippen molar-refractivity contribution in [1.29, 1.82) is 0 Å². The van der Waals surface area contributed by atoms with Crippen molar-refractivity contribution >= 4 is 54.7 Å². The van der Waals surface area contributed by atoms with Crippen molar-refractivity contribution in [3.8, 4) is 0 Å². The van der Waals surface area contributed by atoms with Crippen LogP contribution in [0.15, 0.2) is 51.4 Å². The Labute approximate surface area is 131 Å². The molecule has 0 bridgehead atoms. The summed E-state index contributed by atoms with van der Waals surface area (Å²) in [4.78, 5) is 19.6. The molecule has 0 fully saturated rings. The molecule has 0 saturated heterocycles. The number of benzene rings is 2. The molecule has 0 saturated carbocycles. The van der Waals surface area contributed by atoms with Gasteiger partial charge in [0.05, 0.1) is 16.6 Å². The van der Waals surface area contributed by atoms with E-state index in [0.29, 0.717) is 11.5 Å². The van der Waals surface area contributed by atoms with Gasteiger partial charge in [0.15, 0.2) is 0 Å². The monoisotopic (exact) mass is 393 g/mol. The van der Waals surface area contributed by atoms with E-state index in [2.05, 4.69) is 47.1 Å². The molecule has 100 valence electrons. The minimum Gasteiger partial charge on any atom is -0.324 e. The molecule has 20 heavy (non-hydrogen) atoms. The van der Waals surface area contributed by atoms with Crippen molar-refractivity contribution in [2.75, 3.05) is 5.32 Å². The minimum absolute atomic E-state index is 0.219. The van der Waals surface area contributed by atoms with E-state index in [0.717, 1.165) is 20.0 Å². The number of carbonyl (C=O) groups is 1. The molecule has 4 nitrogen and oxygen atoms in total. The first-order valence-electron chi connectivity index (χ1n) is 5.84. The lowest BCUT2D eigenvalue weighted by Gasteiger charge is -2.04. The van der Waals surface area contributed by atoms with E-state index in [4.69, 9.17) is 0 Å². The van der Waals surface area contributed by atoms with Crippen molar-refractivity contribution in [2.24, 2.45) is 0 Å². The van der Waals surface area contributed by atoms with E-state index < -0.39 is 0 Å². The summed E-state index contributed by atoms with van der Waals surface area (Å²) in [5.41, 5.74) is 2.25. The van der Waals surface area contributed by atoms with Crippen LogP contribution in [0.2, 0.25) is 0 Å². The number of aromatic amines is 1. The Hall–Kier alpha value is -1.66. The Morgan fingerprint density at radius 2 is 1.95 bits per heavy atom. The first-order valence-corrected chi connectivity index (χ1v) is 7.43. The zero-order valence-electron chi connectivity index (χ0n) is 10.2. The van der Waals surface area contributed by atoms with Crippen LogP contribution in [-0.4, -0.2) is 15.9 Å². The summed E-state index contributed by atoms with van der Waals surface area (Å²) < 4.78 is 1.63. The van der Waals surface area contributed by atoms with Gasteiger partial charge in [-0.2, -0.15) is 0 Å². The van der Waals surface area contributed by atoms with Crippen LogP contribution in [-0.2, 0) is 0 Å². The van der Waals surface area contributed by atoms with Crippen molar-refractivity contribution in [3.05, 3.63) is 57.0 Å². The van der Waals surface area contributed by atoms with Gasteiger partial charge >= 0.3 is 0 Å². The van der Waals surface area contributed by atoms with Crippen LogP contribution < -0.4 is 5.32 Å². The number of imidazole rings is 1. The molecule has 3 aromatic rings. The quantitative estimate of drug-likeness (QED) is 0.679. The van der Waals surface area contributed by atoms with E-state index in [1.165, 1.54) is 0 Å². The molecule has 6 heteroatoms. The molecule has 2 aromatic carbocycles. The maximum Gasteiger partial charge on any atom is 0.259 e. The zero-order chi connectivity index (χ0) is 14.1. The van der Waals surface area contributed by atoms with Gasteiger partial charge < -0.3 is 4.98 Å². The van der Waals surface area contributed by atoms with E-state index in [-0.39, 0.29) is 5.91 Å². The number of hydrogen-bond donors (Lipinski definition) is 2. The molecule has 3 rings (SSSR count). The maximum atomic E-state index is 12.2. The maximum absolute atomic E-state index is 12.2. The Kier molecular flexibility index (Phi) is 3.58. The topological polar surface area (TPSA) is 57.8 Å². The van der Waals surface area contributed by atoms with Crippen LogP contribution in [0.5, 0.6) is 0 Å². The largest absolute Gasteiger partial charge is 0.324 e. The molecule has 0 unspecified atom stereocenters. The second-order valence-corrected chi connectivity index (χ2v) is 5.95. The van der Waals surface area contributed by atoms with E-state index >= 15 is 0 Å². The molecule has 1 amide bonds. The highest BCUT2D eigenvalue weighted by Crippen LogP contribution is 2.23. The number of H-pyrrole nitrogens is 1. The van der Waals surface area contributed by atoms with Crippen LogP contribution in [0.3, 0.4) is 0 Å². The Balaban J connectivity index is 1.88. The lowest BCUT2D eigenvalue weighted by Crippen LogP contribution is -2.13. The van der Waals surface area contributed by atoms with E-state index in [9.17, 15) is 4.79 Å². The summed E-state index contributed by atoms with van der Waals surface area (Å²) in [6.45, 7) is 0. The van der Waals surface area contributed by atoms with Crippen molar-refractivity contribution in [2.45, 2.75) is 0 Å². The summed E-state index contributed by atoms with van der Waals surface area (Å²) in [6, 6.07) is 13.0. The second kappa shape index (κ2) is 5.38. The molecular formula is C14H9Br2N3O. The summed E-state index contributed by atoms with van der Waals surface area (Å²) in [5, 5.41) is 2.76. The molecule has 0 aliphatic rings. The fraction of sp³-hybridized carbons (Fsp3) is 0. The van der Waals surface area contributed by atoms with Gasteiger partial charge in [-0.05, 0) is 46.3 Å². The molecule has 0 aliphatic heterocycles.